The number of carbonyl (C=O) groups is 1. The molecule has 0 saturated heterocycles. The molecule has 2 aromatic rings. The number of carbonyl (C=O) groups excluding carboxylic acids is 1. The van der Waals surface area contributed by atoms with E-state index in [1.807, 2.05) is 13.0 Å². The predicted molar refractivity (Wildman–Crippen MR) is 80.9 cm³/mol. The van der Waals surface area contributed by atoms with Crippen molar-refractivity contribution < 1.29 is 9.18 Å². The van der Waals surface area contributed by atoms with Crippen LogP contribution >= 0.6 is 31.9 Å². The van der Waals surface area contributed by atoms with Crippen LogP contribution in [0.3, 0.4) is 0 Å². The lowest BCUT2D eigenvalue weighted by Crippen LogP contribution is -2.12. The number of hydrogen-bond donors (Lipinski definition) is 1. The van der Waals surface area contributed by atoms with Crippen LogP contribution in [0.4, 0.5) is 10.1 Å². The van der Waals surface area contributed by atoms with E-state index in [0.717, 1.165) is 10.0 Å². The molecule has 0 heterocycles. The second-order valence-corrected chi connectivity index (χ2v) is 5.87. The van der Waals surface area contributed by atoms with E-state index in [1.165, 1.54) is 18.2 Å². The van der Waals surface area contributed by atoms with Crippen LogP contribution in [0.5, 0.6) is 0 Å². The van der Waals surface area contributed by atoms with Crippen LogP contribution in [0.1, 0.15) is 15.9 Å². The summed E-state index contributed by atoms with van der Waals surface area (Å²) in [6, 6.07) is 9.79. The summed E-state index contributed by atoms with van der Waals surface area (Å²) in [5, 5.41) is 2.72. The van der Waals surface area contributed by atoms with E-state index in [2.05, 4.69) is 37.2 Å². The third-order valence-electron chi connectivity index (χ3n) is 2.48. The van der Waals surface area contributed by atoms with Gasteiger partial charge in [0.05, 0.1) is 4.47 Å². The zero-order valence-corrected chi connectivity index (χ0v) is 13.2. The van der Waals surface area contributed by atoms with E-state index in [9.17, 15) is 9.18 Å². The van der Waals surface area contributed by atoms with Crippen LogP contribution < -0.4 is 5.32 Å². The molecule has 19 heavy (non-hydrogen) atoms. The van der Waals surface area contributed by atoms with Gasteiger partial charge in [0.2, 0.25) is 0 Å². The summed E-state index contributed by atoms with van der Waals surface area (Å²) in [7, 11) is 0. The highest BCUT2D eigenvalue weighted by Gasteiger charge is 2.09. The topological polar surface area (TPSA) is 29.1 Å². The molecule has 0 aliphatic rings. The Morgan fingerprint density at radius 2 is 1.89 bits per heavy atom. The summed E-state index contributed by atoms with van der Waals surface area (Å²) in [6.45, 7) is 1.91. The van der Waals surface area contributed by atoms with Crippen LogP contribution in [-0.4, -0.2) is 5.91 Å². The van der Waals surface area contributed by atoms with Gasteiger partial charge in [0.1, 0.15) is 5.82 Å². The van der Waals surface area contributed by atoms with Gasteiger partial charge in [0.15, 0.2) is 0 Å². The second kappa shape index (κ2) is 5.84. The average molecular weight is 387 g/mol. The molecule has 2 aromatic carbocycles. The normalized spacial score (nSPS) is 10.3. The first-order valence-corrected chi connectivity index (χ1v) is 7.08. The van der Waals surface area contributed by atoms with Crippen molar-refractivity contribution in [3.63, 3.8) is 0 Å². The molecule has 0 bridgehead atoms. The second-order valence-electron chi connectivity index (χ2n) is 4.10. The van der Waals surface area contributed by atoms with Crippen molar-refractivity contribution in [2.75, 3.05) is 5.32 Å². The minimum Gasteiger partial charge on any atom is -0.322 e. The van der Waals surface area contributed by atoms with E-state index in [1.54, 1.807) is 12.1 Å². The van der Waals surface area contributed by atoms with Crippen LogP contribution in [0, 0.1) is 12.7 Å². The highest BCUT2D eigenvalue weighted by atomic mass is 79.9. The SMILES string of the molecule is Cc1cc(Br)cc(C(=O)Nc2ccc(F)c(Br)c2)c1. The van der Waals surface area contributed by atoms with Gasteiger partial charge in [-0.25, -0.2) is 4.39 Å². The molecule has 1 N–H and O–H groups in total. The van der Waals surface area contributed by atoms with Crippen molar-refractivity contribution in [3.8, 4) is 0 Å². The van der Waals surface area contributed by atoms with Gasteiger partial charge in [-0.05, 0) is 64.8 Å². The largest absolute Gasteiger partial charge is 0.322 e. The predicted octanol–water partition coefficient (Wildman–Crippen LogP) is 4.91. The number of benzene rings is 2. The molecular weight excluding hydrogens is 377 g/mol. The Morgan fingerprint density at radius 3 is 2.53 bits per heavy atom. The van der Waals surface area contributed by atoms with Gasteiger partial charge in [-0.1, -0.05) is 15.9 Å². The highest BCUT2D eigenvalue weighted by molar-refractivity contribution is 9.10. The van der Waals surface area contributed by atoms with Crippen LogP contribution in [0.2, 0.25) is 0 Å². The third-order valence-corrected chi connectivity index (χ3v) is 3.55. The summed E-state index contributed by atoms with van der Waals surface area (Å²) < 4.78 is 14.3. The first-order chi connectivity index (χ1) is 8.95. The van der Waals surface area contributed by atoms with Crippen LogP contribution in [0.25, 0.3) is 0 Å². The minimum atomic E-state index is -0.365. The van der Waals surface area contributed by atoms with Gasteiger partial charge >= 0.3 is 0 Å². The molecule has 0 radical (unpaired) electrons. The fraction of sp³-hybridized carbons (Fsp3) is 0.0714. The van der Waals surface area contributed by atoms with Gasteiger partial charge in [-0.2, -0.15) is 0 Å². The summed E-state index contributed by atoms with van der Waals surface area (Å²) in [6.07, 6.45) is 0. The number of halogens is 3. The first kappa shape index (κ1) is 14.2. The molecule has 0 saturated carbocycles. The summed E-state index contributed by atoms with van der Waals surface area (Å²) in [5.41, 5.74) is 2.07. The molecule has 0 unspecified atom stereocenters. The Bertz CT molecular complexity index is 623. The van der Waals surface area contributed by atoms with Crippen molar-refractivity contribution in [3.05, 3.63) is 62.3 Å². The van der Waals surface area contributed by atoms with Crippen molar-refractivity contribution in [2.24, 2.45) is 0 Å². The standard InChI is InChI=1S/C14H10Br2FNO/c1-8-4-9(6-10(15)5-8)14(19)18-11-2-3-13(17)12(16)7-11/h2-7H,1H3,(H,18,19). The lowest BCUT2D eigenvalue weighted by Gasteiger charge is -2.07. The molecule has 2 rings (SSSR count). The smallest absolute Gasteiger partial charge is 0.255 e. The highest BCUT2D eigenvalue weighted by Crippen LogP contribution is 2.21. The van der Waals surface area contributed by atoms with E-state index in [0.29, 0.717) is 15.7 Å². The zero-order valence-electron chi connectivity index (χ0n) is 10.0. The molecule has 0 aliphatic carbocycles. The number of aryl methyl sites for hydroxylation is 1. The quantitative estimate of drug-likeness (QED) is 0.780. The minimum absolute atomic E-state index is 0.233. The third kappa shape index (κ3) is 3.64. The van der Waals surface area contributed by atoms with Gasteiger partial charge in [0.25, 0.3) is 5.91 Å². The van der Waals surface area contributed by atoms with Crippen molar-refractivity contribution in [1.29, 1.82) is 0 Å². The molecule has 0 aliphatic heterocycles. The van der Waals surface area contributed by atoms with Crippen LogP contribution in [-0.2, 0) is 0 Å². The summed E-state index contributed by atoms with van der Waals surface area (Å²) in [4.78, 5) is 12.1. The molecular formula is C14H10Br2FNO. The lowest BCUT2D eigenvalue weighted by molar-refractivity contribution is 0.102. The Kier molecular flexibility index (Phi) is 4.37. The molecule has 2 nitrogen and oxygen atoms in total. The van der Waals surface area contributed by atoms with Gasteiger partial charge in [-0.15, -0.1) is 0 Å². The van der Waals surface area contributed by atoms with Gasteiger partial charge < -0.3 is 5.32 Å². The Balaban J connectivity index is 2.22. The molecule has 5 heteroatoms. The molecule has 0 fully saturated rings. The number of nitrogens with one attached hydrogen (secondary N) is 1. The van der Waals surface area contributed by atoms with Gasteiger partial charge in [0, 0.05) is 15.7 Å². The van der Waals surface area contributed by atoms with Crippen molar-refractivity contribution in [1.82, 2.24) is 0 Å². The number of rotatable bonds is 2. The van der Waals surface area contributed by atoms with E-state index in [4.69, 9.17) is 0 Å². The van der Waals surface area contributed by atoms with Crippen molar-refractivity contribution in [2.45, 2.75) is 6.92 Å². The lowest BCUT2D eigenvalue weighted by atomic mass is 10.1. The number of anilines is 1. The summed E-state index contributed by atoms with van der Waals surface area (Å²) >= 11 is 6.43. The first-order valence-electron chi connectivity index (χ1n) is 5.49. The van der Waals surface area contributed by atoms with Crippen LogP contribution in [0.15, 0.2) is 45.3 Å². The fourth-order valence-corrected chi connectivity index (χ4v) is 2.63. The number of amides is 1. The average Bonchev–Trinajstić information content (AvgIpc) is 2.32. The van der Waals surface area contributed by atoms with E-state index < -0.39 is 0 Å². The maximum absolute atomic E-state index is 13.1. The van der Waals surface area contributed by atoms with Crippen molar-refractivity contribution >= 4 is 43.5 Å². The molecule has 0 aromatic heterocycles. The van der Waals surface area contributed by atoms with E-state index in [-0.39, 0.29) is 11.7 Å². The maximum atomic E-state index is 13.1. The number of hydrogen-bond acceptors (Lipinski definition) is 1. The van der Waals surface area contributed by atoms with E-state index >= 15 is 0 Å². The monoisotopic (exact) mass is 385 g/mol. The molecule has 1 amide bonds. The Morgan fingerprint density at radius 1 is 1.16 bits per heavy atom. The molecule has 0 spiro atoms. The van der Waals surface area contributed by atoms with Gasteiger partial charge in [-0.3, -0.25) is 4.79 Å². The molecule has 98 valence electrons. The fourth-order valence-electron chi connectivity index (χ4n) is 1.64. The maximum Gasteiger partial charge on any atom is 0.255 e. The zero-order chi connectivity index (χ0) is 14.0. The summed E-state index contributed by atoms with van der Waals surface area (Å²) in [5.74, 6) is -0.598. The Labute approximate surface area is 127 Å². The Hall–Kier alpha value is -1.20. The molecule has 0 atom stereocenters.